The second-order valence-electron chi connectivity index (χ2n) is 4.29. The Morgan fingerprint density at radius 3 is 2.00 bits per heavy atom. The Morgan fingerprint density at radius 2 is 1.59 bits per heavy atom. The van der Waals surface area contributed by atoms with Crippen LogP contribution in [0.3, 0.4) is 0 Å². The Bertz CT molecular complexity index is 369. The van der Waals surface area contributed by atoms with E-state index >= 15 is 0 Å². The fourth-order valence-electron chi connectivity index (χ4n) is 1.92. The molecule has 0 saturated carbocycles. The average molecular weight is 328 g/mol. The smallest absolute Gasteiger partial charge is 0.463 e. The van der Waals surface area contributed by atoms with Crippen LogP contribution in [0, 0.1) is 12.3 Å². The van der Waals surface area contributed by atoms with Crippen LogP contribution in [0.1, 0.15) is 47.0 Å². The highest BCUT2D eigenvalue weighted by Gasteiger charge is 2.49. The Balaban J connectivity index is 5.49. The third-order valence-corrected chi connectivity index (χ3v) is 5.78. The van der Waals surface area contributed by atoms with E-state index in [9.17, 15) is 4.79 Å². The molecule has 0 aromatic carbocycles. The van der Waals surface area contributed by atoms with Gasteiger partial charge in [-0.2, -0.15) is 0 Å². The first-order chi connectivity index (χ1) is 10.6. The van der Waals surface area contributed by atoms with E-state index in [1.54, 1.807) is 13.0 Å². The third-order valence-electron chi connectivity index (χ3n) is 2.70. The Hall–Kier alpha value is -1.13. The molecule has 126 valence electrons. The van der Waals surface area contributed by atoms with E-state index in [-0.39, 0.29) is 6.61 Å². The molecule has 0 fully saturated rings. The Kier molecular flexibility index (Phi) is 11.8. The summed E-state index contributed by atoms with van der Waals surface area (Å²) in [6.07, 6.45) is 9.14. The minimum Gasteiger partial charge on any atom is -0.463 e. The first-order valence-electron chi connectivity index (χ1n) is 7.84. The highest BCUT2D eigenvalue weighted by atomic mass is 28.4. The fraction of sp³-hybridized carbons (Fsp3) is 0.688. The average Bonchev–Trinajstić information content (AvgIpc) is 2.48. The van der Waals surface area contributed by atoms with E-state index in [1.165, 1.54) is 0 Å². The van der Waals surface area contributed by atoms with Crippen LogP contribution >= 0.6 is 0 Å². The summed E-state index contributed by atoms with van der Waals surface area (Å²) >= 11 is 0. The van der Waals surface area contributed by atoms with Crippen molar-refractivity contribution in [3.05, 3.63) is 11.3 Å². The van der Waals surface area contributed by atoms with Crippen LogP contribution in [0.2, 0.25) is 0 Å². The molecule has 0 heterocycles. The van der Waals surface area contributed by atoms with Gasteiger partial charge in [-0.15, -0.1) is 12.3 Å². The molecule has 0 saturated heterocycles. The molecule has 0 bridgehead atoms. The molecular formula is C16H28O5Si. The van der Waals surface area contributed by atoms with Gasteiger partial charge in [0.05, 0.1) is 6.61 Å². The SMILES string of the molecule is C#CCCC/C=C(\C(=O)OCC)[Si](OCC)(OCC)OCC. The van der Waals surface area contributed by atoms with E-state index in [1.807, 2.05) is 20.8 Å². The van der Waals surface area contributed by atoms with Gasteiger partial charge < -0.3 is 18.0 Å². The van der Waals surface area contributed by atoms with Gasteiger partial charge in [-0.3, -0.25) is 0 Å². The lowest BCUT2D eigenvalue weighted by Crippen LogP contribution is -2.51. The molecule has 0 N–H and O–H groups in total. The summed E-state index contributed by atoms with van der Waals surface area (Å²) < 4.78 is 22.5. The maximum atomic E-state index is 12.3. The van der Waals surface area contributed by atoms with Gasteiger partial charge in [-0.05, 0) is 40.5 Å². The molecule has 0 rings (SSSR count). The van der Waals surface area contributed by atoms with Crippen molar-refractivity contribution in [3.8, 4) is 12.3 Å². The molecule has 0 aliphatic carbocycles. The Morgan fingerprint density at radius 1 is 1.05 bits per heavy atom. The zero-order valence-electron chi connectivity index (χ0n) is 14.1. The second kappa shape index (κ2) is 12.4. The number of rotatable bonds is 12. The van der Waals surface area contributed by atoms with Crippen molar-refractivity contribution in [3.63, 3.8) is 0 Å². The Labute approximate surface area is 135 Å². The number of hydrogen-bond acceptors (Lipinski definition) is 5. The predicted molar refractivity (Wildman–Crippen MR) is 88.0 cm³/mol. The van der Waals surface area contributed by atoms with Gasteiger partial charge in [0.1, 0.15) is 5.20 Å². The molecule has 0 radical (unpaired) electrons. The molecule has 22 heavy (non-hydrogen) atoms. The monoisotopic (exact) mass is 328 g/mol. The lowest BCUT2D eigenvalue weighted by Gasteiger charge is -2.29. The maximum absolute atomic E-state index is 12.3. The van der Waals surface area contributed by atoms with Crippen LogP contribution in [-0.4, -0.2) is 41.2 Å². The molecule has 5 nitrogen and oxygen atoms in total. The van der Waals surface area contributed by atoms with Crippen molar-refractivity contribution in [2.45, 2.75) is 47.0 Å². The first kappa shape index (κ1) is 20.9. The minimum absolute atomic E-state index is 0.287. The first-order valence-corrected chi connectivity index (χ1v) is 9.57. The van der Waals surface area contributed by atoms with Gasteiger partial charge in [0.2, 0.25) is 0 Å². The highest BCUT2D eigenvalue weighted by Crippen LogP contribution is 2.23. The van der Waals surface area contributed by atoms with E-state index < -0.39 is 14.8 Å². The standard InChI is InChI=1S/C16H28O5Si/c1-6-11-12-13-14-15(16(17)18-7-2)22(19-8-3,20-9-4)21-10-5/h1,14H,7-13H2,2-5H3/b15-14+. The van der Waals surface area contributed by atoms with Crippen LogP contribution in [0.4, 0.5) is 0 Å². The third kappa shape index (κ3) is 6.75. The molecule has 0 unspecified atom stereocenters. The van der Waals surface area contributed by atoms with Crippen molar-refractivity contribution in [1.82, 2.24) is 0 Å². The van der Waals surface area contributed by atoms with Gasteiger partial charge in [0, 0.05) is 26.2 Å². The van der Waals surface area contributed by atoms with Crippen molar-refractivity contribution >= 4 is 14.8 Å². The molecule has 6 heteroatoms. The van der Waals surface area contributed by atoms with Gasteiger partial charge >= 0.3 is 14.8 Å². The number of carbonyl (C=O) groups is 1. The number of ether oxygens (including phenoxy) is 1. The van der Waals surface area contributed by atoms with E-state index in [2.05, 4.69) is 5.92 Å². The number of allylic oxidation sites excluding steroid dienone is 1. The van der Waals surface area contributed by atoms with Crippen LogP contribution in [-0.2, 0) is 22.8 Å². The number of unbranched alkanes of at least 4 members (excludes halogenated alkanes) is 2. The summed E-state index contributed by atoms with van der Waals surface area (Å²) in [7, 11) is -3.25. The van der Waals surface area contributed by atoms with Gasteiger partial charge in [0.25, 0.3) is 0 Å². The zero-order chi connectivity index (χ0) is 16.8. The van der Waals surface area contributed by atoms with Gasteiger partial charge in [-0.1, -0.05) is 6.08 Å². The molecule has 0 aromatic heterocycles. The molecule has 0 aromatic rings. The second-order valence-corrected chi connectivity index (χ2v) is 6.81. The summed E-state index contributed by atoms with van der Waals surface area (Å²) in [5.74, 6) is 2.14. The number of hydrogen-bond donors (Lipinski definition) is 0. The summed E-state index contributed by atoms with van der Waals surface area (Å²) in [5.41, 5.74) is 0. The molecule has 0 amide bonds. The lowest BCUT2D eigenvalue weighted by molar-refractivity contribution is -0.138. The number of carbonyl (C=O) groups excluding carboxylic acids is 1. The predicted octanol–water partition coefficient (Wildman–Crippen LogP) is 2.87. The van der Waals surface area contributed by atoms with E-state index in [0.29, 0.717) is 37.9 Å². The number of esters is 1. The summed E-state index contributed by atoms with van der Waals surface area (Å²) in [6.45, 7) is 8.78. The van der Waals surface area contributed by atoms with Crippen molar-refractivity contribution in [2.75, 3.05) is 26.4 Å². The molecule has 0 aliphatic heterocycles. The van der Waals surface area contributed by atoms with Gasteiger partial charge in [0.15, 0.2) is 0 Å². The minimum atomic E-state index is -3.25. The van der Waals surface area contributed by atoms with Crippen molar-refractivity contribution in [2.24, 2.45) is 0 Å². The van der Waals surface area contributed by atoms with Crippen LogP contribution in [0.5, 0.6) is 0 Å². The summed E-state index contributed by atoms with van der Waals surface area (Å²) in [6, 6.07) is 0. The van der Waals surface area contributed by atoms with Crippen LogP contribution in [0.15, 0.2) is 11.3 Å². The highest BCUT2D eigenvalue weighted by molar-refractivity contribution is 6.74. The van der Waals surface area contributed by atoms with Crippen LogP contribution in [0.25, 0.3) is 0 Å². The molecular weight excluding hydrogens is 300 g/mol. The van der Waals surface area contributed by atoms with E-state index in [4.69, 9.17) is 24.4 Å². The van der Waals surface area contributed by atoms with Crippen molar-refractivity contribution in [1.29, 1.82) is 0 Å². The topological polar surface area (TPSA) is 54.0 Å². The van der Waals surface area contributed by atoms with E-state index in [0.717, 1.165) is 6.42 Å². The molecule has 0 spiro atoms. The summed E-state index contributed by atoms with van der Waals surface area (Å²) in [5, 5.41) is 0.372. The quantitative estimate of drug-likeness (QED) is 0.181. The molecule has 0 aliphatic rings. The lowest BCUT2D eigenvalue weighted by atomic mass is 10.2. The number of terminal acetylenes is 1. The normalized spacial score (nSPS) is 12.0. The van der Waals surface area contributed by atoms with Crippen LogP contribution < -0.4 is 0 Å². The maximum Gasteiger partial charge on any atom is 0.544 e. The molecule has 0 atom stereocenters. The largest absolute Gasteiger partial charge is 0.544 e. The van der Waals surface area contributed by atoms with Crippen molar-refractivity contribution < 1.29 is 22.8 Å². The summed E-state index contributed by atoms with van der Waals surface area (Å²) in [4.78, 5) is 12.3. The van der Waals surface area contributed by atoms with Gasteiger partial charge in [-0.25, -0.2) is 4.79 Å². The fourth-order valence-corrected chi connectivity index (χ4v) is 4.49. The zero-order valence-corrected chi connectivity index (χ0v) is 15.1.